The van der Waals surface area contributed by atoms with Gasteiger partial charge in [-0.3, -0.25) is 9.97 Å². The third-order valence-corrected chi connectivity index (χ3v) is 2.01. The monoisotopic (exact) mass is 200 g/mol. The van der Waals surface area contributed by atoms with Crippen molar-refractivity contribution in [1.29, 1.82) is 0 Å². The number of rotatable bonds is 3. The van der Waals surface area contributed by atoms with Crippen molar-refractivity contribution in [2.45, 2.75) is 6.42 Å². The van der Waals surface area contributed by atoms with Crippen molar-refractivity contribution >= 4 is 0 Å². The summed E-state index contributed by atoms with van der Waals surface area (Å²) in [5, 5.41) is 0. The van der Waals surface area contributed by atoms with Crippen LogP contribution in [0.4, 0.5) is 0 Å². The maximum atomic E-state index is 5.47. The highest BCUT2D eigenvalue weighted by molar-refractivity contribution is 5.52. The average molecular weight is 200 g/mol. The first kappa shape index (κ1) is 9.73. The molecule has 0 saturated carbocycles. The quantitative estimate of drug-likeness (QED) is 0.804. The zero-order valence-corrected chi connectivity index (χ0v) is 8.30. The van der Waals surface area contributed by atoms with Crippen molar-refractivity contribution in [3.05, 3.63) is 42.5 Å². The SMILES string of the molecule is NCCc1cncc(-c2ccccn2)n1. The maximum absolute atomic E-state index is 5.47. The van der Waals surface area contributed by atoms with Crippen LogP contribution in [0, 0.1) is 0 Å². The maximum Gasteiger partial charge on any atom is 0.107 e. The molecule has 2 aromatic heterocycles. The van der Waals surface area contributed by atoms with Crippen LogP contribution in [0.1, 0.15) is 5.69 Å². The number of pyridine rings is 1. The first-order valence-corrected chi connectivity index (χ1v) is 4.82. The van der Waals surface area contributed by atoms with E-state index in [9.17, 15) is 0 Å². The highest BCUT2D eigenvalue weighted by atomic mass is 14.8. The Kier molecular flexibility index (Phi) is 2.99. The molecule has 0 atom stereocenters. The van der Waals surface area contributed by atoms with E-state index in [2.05, 4.69) is 15.0 Å². The highest BCUT2D eigenvalue weighted by Gasteiger charge is 2.01. The Hall–Kier alpha value is -1.81. The lowest BCUT2D eigenvalue weighted by Crippen LogP contribution is -2.05. The Labute approximate surface area is 88.2 Å². The summed E-state index contributed by atoms with van der Waals surface area (Å²) in [6.07, 6.45) is 5.93. The minimum atomic E-state index is 0.584. The van der Waals surface area contributed by atoms with Gasteiger partial charge in [-0.1, -0.05) is 6.07 Å². The van der Waals surface area contributed by atoms with E-state index in [4.69, 9.17) is 5.73 Å². The Morgan fingerprint density at radius 1 is 1.13 bits per heavy atom. The summed E-state index contributed by atoms with van der Waals surface area (Å²) >= 11 is 0. The van der Waals surface area contributed by atoms with Crippen molar-refractivity contribution < 1.29 is 0 Å². The standard InChI is InChI=1S/C11H12N4/c12-5-4-9-7-13-8-11(15-9)10-3-1-2-6-14-10/h1-3,6-8H,4-5,12H2. The molecule has 0 aromatic carbocycles. The van der Waals surface area contributed by atoms with Gasteiger partial charge >= 0.3 is 0 Å². The Morgan fingerprint density at radius 3 is 2.80 bits per heavy atom. The molecule has 4 heteroatoms. The van der Waals surface area contributed by atoms with Crippen LogP contribution in [0.5, 0.6) is 0 Å². The molecule has 0 spiro atoms. The van der Waals surface area contributed by atoms with E-state index < -0.39 is 0 Å². The van der Waals surface area contributed by atoms with Crippen LogP contribution in [-0.2, 0) is 6.42 Å². The third-order valence-electron chi connectivity index (χ3n) is 2.01. The predicted molar refractivity (Wildman–Crippen MR) is 58.0 cm³/mol. The molecular formula is C11H12N4. The largest absolute Gasteiger partial charge is 0.330 e. The second kappa shape index (κ2) is 4.61. The van der Waals surface area contributed by atoms with Gasteiger partial charge in [0.15, 0.2) is 0 Å². The number of hydrogen-bond donors (Lipinski definition) is 1. The Bertz CT molecular complexity index is 428. The van der Waals surface area contributed by atoms with E-state index >= 15 is 0 Å². The van der Waals surface area contributed by atoms with Crippen LogP contribution >= 0.6 is 0 Å². The minimum Gasteiger partial charge on any atom is -0.330 e. The van der Waals surface area contributed by atoms with Crippen LogP contribution < -0.4 is 5.73 Å². The molecule has 0 unspecified atom stereocenters. The molecule has 0 aliphatic carbocycles. The van der Waals surface area contributed by atoms with Gasteiger partial charge < -0.3 is 5.73 Å². The summed E-state index contributed by atoms with van der Waals surface area (Å²) in [6.45, 7) is 0.584. The molecule has 4 nitrogen and oxygen atoms in total. The van der Waals surface area contributed by atoms with E-state index in [1.807, 2.05) is 18.2 Å². The summed E-state index contributed by atoms with van der Waals surface area (Å²) in [4.78, 5) is 12.8. The fourth-order valence-corrected chi connectivity index (χ4v) is 1.31. The summed E-state index contributed by atoms with van der Waals surface area (Å²) in [6, 6.07) is 5.72. The van der Waals surface area contributed by atoms with Crippen LogP contribution in [0.2, 0.25) is 0 Å². The molecule has 0 bridgehead atoms. The molecule has 15 heavy (non-hydrogen) atoms. The predicted octanol–water partition coefficient (Wildman–Crippen LogP) is 1.04. The number of nitrogens with zero attached hydrogens (tertiary/aromatic N) is 3. The number of hydrogen-bond acceptors (Lipinski definition) is 4. The van der Waals surface area contributed by atoms with Gasteiger partial charge in [0.2, 0.25) is 0 Å². The van der Waals surface area contributed by atoms with Crippen molar-refractivity contribution in [2.75, 3.05) is 6.54 Å². The molecule has 2 heterocycles. The van der Waals surface area contributed by atoms with Crippen molar-refractivity contribution in [3.8, 4) is 11.4 Å². The molecule has 76 valence electrons. The third kappa shape index (κ3) is 2.35. The van der Waals surface area contributed by atoms with Crippen molar-refractivity contribution in [1.82, 2.24) is 15.0 Å². The Balaban J connectivity index is 2.33. The second-order valence-electron chi connectivity index (χ2n) is 3.15. The number of nitrogens with two attached hydrogens (primary N) is 1. The van der Waals surface area contributed by atoms with Gasteiger partial charge in [-0.2, -0.15) is 0 Å². The van der Waals surface area contributed by atoms with Crippen LogP contribution in [0.25, 0.3) is 11.4 Å². The van der Waals surface area contributed by atoms with Crippen LogP contribution in [0.15, 0.2) is 36.8 Å². The summed E-state index contributed by atoms with van der Waals surface area (Å²) in [7, 11) is 0. The molecule has 0 saturated heterocycles. The molecule has 0 radical (unpaired) electrons. The fraction of sp³-hybridized carbons (Fsp3) is 0.182. The average Bonchev–Trinajstić information content (AvgIpc) is 2.31. The number of aromatic nitrogens is 3. The van der Waals surface area contributed by atoms with Gasteiger partial charge in [-0.05, 0) is 18.7 Å². The van der Waals surface area contributed by atoms with Gasteiger partial charge in [0.1, 0.15) is 5.69 Å². The lowest BCUT2D eigenvalue weighted by molar-refractivity contribution is 0.909. The van der Waals surface area contributed by atoms with Crippen molar-refractivity contribution in [2.24, 2.45) is 5.73 Å². The zero-order chi connectivity index (χ0) is 10.5. The topological polar surface area (TPSA) is 64.7 Å². The van der Waals surface area contributed by atoms with Crippen LogP contribution in [-0.4, -0.2) is 21.5 Å². The molecule has 0 aliphatic heterocycles. The van der Waals surface area contributed by atoms with Gasteiger partial charge in [-0.25, -0.2) is 4.98 Å². The second-order valence-corrected chi connectivity index (χ2v) is 3.15. The first-order chi connectivity index (χ1) is 7.40. The van der Waals surface area contributed by atoms with E-state index in [1.54, 1.807) is 18.6 Å². The molecule has 2 aromatic rings. The summed E-state index contributed by atoms with van der Waals surface area (Å²) in [5.41, 5.74) is 8.00. The fourth-order valence-electron chi connectivity index (χ4n) is 1.31. The molecule has 2 N–H and O–H groups in total. The van der Waals surface area contributed by atoms with Crippen molar-refractivity contribution in [3.63, 3.8) is 0 Å². The smallest absolute Gasteiger partial charge is 0.107 e. The molecule has 0 amide bonds. The lowest BCUT2D eigenvalue weighted by Gasteiger charge is -2.01. The van der Waals surface area contributed by atoms with Gasteiger partial charge in [0.05, 0.1) is 17.6 Å². The molecule has 0 fully saturated rings. The first-order valence-electron chi connectivity index (χ1n) is 4.82. The lowest BCUT2D eigenvalue weighted by atomic mass is 10.2. The zero-order valence-electron chi connectivity index (χ0n) is 8.30. The Morgan fingerprint density at radius 2 is 2.07 bits per heavy atom. The summed E-state index contributed by atoms with van der Waals surface area (Å²) in [5.74, 6) is 0. The molecule has 2 rings (SSSR count). The molecular weight excluding hydrogens is 188 g/mol. The van der Waals surface area contributed by atoms with E-state index in [-0.39, 0.29) is 0 Å². The van der Waals surface area contributed by atoms with Crippen LogP contribution in [0.3, 0.4) is 0 Å². The van der Waals surface area contributed by atoms with Gasteiger partial charge in [-0.15, -0.1) is 0 Å². The van der Waals surface area contributed by atoms with E-state index in [0.29, 0.717) is 6.54 Å². The highest BCUT2D eigenvalue weighted by Crippen LogP contribution is 2.11. The molecule has 0 aliphatic rings. The van der Waals surface area contributed by atoms with E-state index in [0.717, 1.165) is 23.5 Å². The van der Waals surface area contributed by atoms with Gasteiger partial charge in [0, 0.05) is 18.8 Å². The van der Waals surface area contributed by atoms with E-state index in [1.165, 1.54) is 0 Å². The van der Waals surface area contributed by atoms with Gasteiger partial charge in [0.25, 0.3) is 0 Å². The summed E-state index contributed by atoms with van der Waals surface area (Å²) < 4.78 is 0. The normalized spacial score (nSPS) is 10.2. The minimum absolute atomic E-state index is 0.584.